The quantitative estimate of drug-likeness (QED) is 0.291. The zero-order valence-corrected chi connectivity index (χ0v) is 22.2. The lowest BCUT2D eigenvalue weighted by atomic mass is 9.86. The topological polar surface area (TPSA) is 80.1 Å². The molecule has 188 valence electrons. The van der Waals surface area contributed by atoms with Crippen molar-refractivity contribution in [1.29, 1.82) is 0 Å². The molecule has 1 unspecified atom stereocenters. The molecule has 2 aliphatic rings. The lowest BCUT2D eigenvalue weighted by molar-refractivity contribution is 0.122. The van der Waals surface area contributed by atoms with Gasteiger partial charge < -0.3 is 20.3 Å². The number of fused-ring (bicyclic) bond motifs is 1. The predicted octanol–water partition coefficient (Wildman–Crippen LogP) is 4.64. The second-order valence-corrected chi connectivity index (χ2v) is 10.4. The molecule has 1 saturated heterocycles. The third-order valence-corrected chi connectivity index (χ3v) is 7.49. The van der Waals surface area contributed by atoms with Gasteiger partial charge in [-0.2, -0.15) is 9.97 Å². The van der Waals surface area contributed by atoms with Crippen LogP contribution in [0.5, 0.6) is 0 Å². The second-order valence-electron chi connectivity index (χ2n) is 9.26. The number of hydrogen-bond donors (Lipinski definition) is 2. The molecule has 0 spiro atoms. The fraction of sp³-hybridized carbons (Fsp3) is 0.560. The van der Waals surface area contributed by atoms with Crippen molar-refractivity contribution in [3.63, 3.8) is 0 Å². The van der Waals surface area contributed by atoms with Crippen LogP contribution in [0.3, 0.4) is 0 Å². The van der Waals surface area contributed by atoms with Crippen molar-refractivity contribution >= 4 is 45.4 Å². The maximum Gasteiger partial charge on any atom is 0.226 e. The van der Waals surface area contributed by atoms with Crippen LogP contribution in [-0.2, 0) is 4.74 Å². The van der Waals surface area contributed by atoms with E-state index in [9.17, 15) is 4.39 Å². The average Bonchev–Trinajstić information content (AvgIpc) is 3.29. The van der Waals surface area contributed by atoms with Crippen LogP contribution >= 0.6 is 22.6 Å². The highest BCUT2D eigenvalue weighted by atomic mass is 127. The van der Waals surface area contributed by atoms with Gasteiger partial charge >= 0.3 is 0 Å². The Morgan fingerprint density at radius 3 is 2.57 bits per heavy atom. The molecule has 5 rings (SSSR count). The van der Waals surface area contributed by atoms with Crippen LogP contribution in [0.15, 0.2) is 30.3 Å². The van der Waals surface area contributed by atoms with E-state index in [1.165, 1.54) is 25.7 Å². The molecule has 35 heavy (non-hydrogen) atoms. The smallest absolute Gasteiger partial charge is 0.226 e. The maximum absolute atomic E-state index is 14.7. The molecule has 1 aliphatic heterocycles. The summed E-state index contributed by atoms with van der Waals surface area (Å²) in [7, 11) is 0. The van der Waals surface area contributed by atoms with Gasteiger partial charge in [0, 0.05) is 31.7 Å². The van der Waals surface area contributed by atoms with Gasteiger partial charge in [-0.05, 0) is 72.9 Å². The van der Waals surface area contributed by atoms with E-state index in [1.54, 1.807) is 22.6 Å². The monoisotopic (exact) mass is 593 g/mol. The Labute approximate surface area is 219 Å². The average molecular weight is 593 g/mol. The summed E-state index contributed by atoms with van der Waals surface area (Å²) >= 11 is 1.77. The van der Waals surface area contributed by atoms with E-state index in [-0.39, 0.29) is 0 Å². The number of rotatable bonds is 8. The molecule has 8 nitrogen and oxygen atoms in total. The van der Waals surface area contributed by atoms with E-state index in [0.29, 0.717) is 42.8 Å². The molecule has 3 aromatic rings. The number of alkyl halides is 2. The van der Waals surface area contributed by atoms with Crippen molar-refractivity contribution in [2.45, 2.75) is 42.8 Å². The van der Waals surface area contributed by atoms with E-state index >= 15 is 0 Å². The Morgan fingerprint density at radius 1 is 1.09 bits per heavy atom. The lowest BCUT2D eigenvalue weighted by Gasteiger charge is -2.30. The van der Waals surface area contributed by atoms with Gasteiger partial charge in [-0.15, -0.1) is 0 Å². The summed E-state index contributed by atoms with van der Waals surface area (Å²) in [5, 5.41) is 7.08. The summed E-state index contributed by atoms with van der Waals surface area (Å²) < 4.78 is 20.8. The van der Waals surface area contributed by atoms with Gasteiger partial charge in [0.2, 0.25) is 10.1 Å². The van der Waals surface area contributed by atoms with Crippen LogP contribution in [0.2, 0.25) is 0 Å². The minimum absolute atomic E-state index is 0.339. The fourth-order valence-corrected chi connectivity index (χ4v) is 5.51. The SMILES string of the molecule is CCN[C@H]1CC[C@H](CNc2nc(N3CCOCC3)cc(-n3c(C(F)I)nc4ccccc43)n2)CC1. The maximum atomic E-state index is 14.7. The first-order valence-electron chi connectivity index (χ1n) is 12.6. The number of ether oxygens (including phenoxy) is 1. The third kappa shape index (κ3) is 5.69. The summed E-state index contributed by atoms with van der Waals surface area (Å²) in [6.45, 7) is 6.89. The number of nitrogens with one attached hydrogen (secondary N) is 2. The first-order valence-corrected chi connectivity index (χ1v) is 13.8. The molecule has 1 atom stereocenters. The number of halogens is 2. The lowest BCUT2D eigenvalue weighted by Crippen LogP contribution is -2.37. The van der Waals surface area contributed by atoms with Crippen molar-refractivity contribution in [2.24, 2.45) is 5.92 Å². The molecule has 0 amide bonds. The number of para-hydroxylation sites is 2. The van der Waals surface area contributed by atoms with Crippen LogP contribution in [0, 0.1) is 5.92 Å². The Bertz CT molecular complexity index is 1130. The van der Waals surface area contributed by atoms with Crippen LogP contribution in [0.4, 0.5) is 16.2 Å². The van der Waals surface area contributed by atoms with E-state index in [0.717, 1.165) is 43.0 Å². The van der Waals surface area contributed by atoms with Crippen LogP contribution in [0.25, 0.3) is 16.9 Å². The zero-order valence-electron chi connectivity index (χ0n) is 20.1. The fourth-order valence-electron chi connectivity index (χ4n) is 5.10. The summed E-state index contributed by atoms with van der Waals surface area (Å²) in [5.41, 5.74) is 1.58. The molecule has 1 aromatic carbocycles. The van der Waals surface area contributed by atoms with Crippen LogP contribution in [-0.4, -0.2) is 65.0 Å². The van der Waals surface area contributed by atoms with Crippen molar-refractivity contribution in [3.8, 4) is 5.82 Å². The molecule has 0 bridgehead atoms. The van der Waals surface area contributed by atoms with Crippen LogP contribution < -0.4 is 15.5 Å². The number of benzene rings is 1. The normalized spacial score (nSPS) is 21.9. The largest absolute Gasteiger partial charge is 0.378 e. The number of hydrogen-bond acceptors (Lipinski definition) is 7. The van der Waals surface area contributed by atoms with E-state index in [4.69, 9.17) is 14.7 Å². The van der Waals surface area contributed by atoms with Gasteiger partial charge in [-0.1, -0.05) is 19.1 Å². The van der Waals surface area contributed by atoms with Crippen LogP contribution in [0.1, 0.15) is 42.6 Å². The third-order valence-electron chi connectivity index (χ3n) is 6.93. The van der Waals surface area contributed by atoms with Gasteiger partial charge in [0.05, 0.1) is 24.2 Å². The van der Waals surface area contributed by atoms with Gasteiger partial charge in [0.25, 0.3) is 0 Å². The Hall–Kier alpha value is -2.05. The number of anilines is 2. The molecule has 3 heterocycles. The Balaban J connectivity index is 1.45. The Kier molecular flexibility index (Phi) is 7.98. The van der Waals surface area contributed by atoms with E-state index in [1.807, 2.05) is 34.9 Å². The van der Waals surface area contributed by atoms with Crippen molar-refractivity contribution in [3.05, 3.63) is 36.2 Å². The van der Waals surface area contributed by atoms with Crippen molar-refractivity contribution in [1.82, 2.24) is 24.8 Å². The predicted molar refractivity (Wildman–Crippen MR) is 145 cm³/mol. The number of morpholine rings is 1. The molecule has 10 heteroatoms. The van der Waals surface area contributed by atoms with Gasteiger partial charge in [-0.25, -0.2) is 9.37 Å². The highest BCUT2D eigenvalue weighted by Crippen LogP contribution is 2.32. The minimum atomic E-state index is -1.26. The number of imidazole rings is 1. The summed E-state index contributed by atoms with van der Waals surface area (Å²) in [5.74, 6) is 2.96. The van der Waals surface area contributed by atoms with Crippen molar-refractivity contribution in [2.75, 3.05) is 49.6 Å². The van der Waals surface area contributed by atoms with E-state index in [2.05, 4.69) is 27.4 Å². The molecule has 2 fully saturated rings. The summed E-state index contributed by atoms with van der Waals surface area (Å²) in [6.07, 6.45) is 4.79. The van der Waals surface area contributed by atoms with Gasteiger partial charge in [-0.3, -0.25) is 4.57 Å². The molecular formula is C25H33FIN7O. The molecule has 2 N–H and O–H groups in total. The minimum Gasteiger partial charge on any atom is -0.378 e. The summed E-state index contributed by atoms with van der Waals surface area (Å²) in [6, 6.07) is 10.3. The molecule has 1 saturated carbocycles. The highest BCUT2D eigenvalue weighted by Gasteiger charge is 2.24. The van der Waals surface area contributed by atoms with E-state index < -0.39 is 4.18 Å². The second kappa shape index (κ2) is 11.3. The highest BCUT2D eigenvalue weighted by molar-refractivity contribution is 14.1. The molecule has 0 radical (unpaired) electrons. The number of aromatic nitrogens is 4. The Morgan fingerprint density at radius 2 is 1.83 bits per heavy atom. The first-order chi connectivity index (χ1) is 17.1. The van der Waals surface area contributed by atoms with Crippen molar-refractivity contribution < 1.29 is 9.13 Å². The number of nitrogens with zero attached hydrogens (tertiary/aromatic N) is 5. The van der Waals surface area contributed by atoms with Gasteiger partial charge in [0.1, 0.15) is 11.6 Å². The molecule has 1 aliphatic carbocycles. The molecular weight excluding hydrogens is 560 g/mol. The zero-order chi connectivity index (χ0) is 24.2. The van der Waals surface area contributed by atoms with Gasteiger partial charge in [0.15, 0.2) is 5.82 Å². The standard InChI is InChI=1S/C25H33FIN7O/c1-2-28-18-9-7-17(8-10-18)16-29-25-31-21(33-11-13-35-14-12-33)15-22(32-25)34-20-6-4-3-5-19(20)30-24(34)23(26)27/h3-6,15,17-18,23,28H,2,7-14,16H2,1H3,(H,29,31,32)/t17-,18-,23?. The summed E-state index contributed by atoms with van der Waals surface area (Å²) in [4.78, 5) is 16.5. The molecule has 2 aromatic heterocycles. The first kappa shape index (κ1) is 24.6.